The van der Waals surface area contributed by atoms with Crippen molar-refractivity contribution < 1.29 is 4.79 Å². The molecule has 1 unspecified atom stereocenters. The van der Waals surface area contributed by atoms with Crippen molar-refractivity contribution in [3.05, 3.63) is 53.7 Å². The molecule has 1 saturated heterocycles. The van der Waals surface area contributed by atoms with Crippen LogP contribution in [0.15, 0.2) is 42.6 Å². The van der Waals surface area contributed by atoms with Gasteiger partial charge in [-0.3, -0.25) is 5.10 Å². The largest absolute Gasteiger partial charge is 0.372 e. The van der Waals surface area contributed by atoms with Gasteiger partial charge in [-0.25, -0.2) is 4.79 Å². The Morgan fingerprint density at radius 3 is 2.83 bits per heavy atom. The van der Waals surface area contributed by atoms with Crippen molar-refractivity contribution in [1.29, 1.82) is 0 Å². The zero-order valence-corrected chi connectivity index (χ0v) is 16.6. The topological polar surface area (TPSA) is 73.0 Å². The van der Waals surface area contributed by atoms with Crippen molar-refractivity contribution in [3.8, 4) is 0 Å². The van der Waals surface area contributed by atoms with Gasteiger partial charge in [0.2, 0.25) is 0 Å². The Labute approximate surface area is 170 Å². The summed E-state index contributed by atoms with van der Waals surface area (Å²) in [5.41, 5.74) is 5.63. The van der Waals surface area contributed by atoms with Crippen LogP contribution in [-0.4, -0.2) is 29.3 Å². The minimum absolute atomic E-state index is 0.0618. The van der Waals surface area contributed by atoms with Crippen molar-refractivity contribution >= 4 is 28.3 Å². The second kappa shape index (κ2) is 7.78. The summed E-state index contributed by atoms with van der Waals surface area (Å²) in [5.74, 6) is 0. The molecule has 6 nitrogen and oxygen atoms in total. The smallest absolute Gasteiger partial charge is 0.319 e. The third kappa shape index (κ3) is 3.67. The molecular weight excluding hydrogens is 362 g/mol. The van der Waals surface area contributed by atoms with Crippen LogP contribution in [0.2, 0.25) is 0 Å². The van der Waals surface area contributed by atoms with Crippen LogP contribution in [0.3, 0.4) is 0 Å². The summed E-state index contributed by atoms with van der Waals surface area (Å²) in [6.45, 7) is 2.31. The van der Waals surface area contributed by atoms with E-state index >= 15 is 0 Å². The summed E-state index contributed by atoms with van der Waals surface area (Å²) in [4.78, 5) is 15.2. The maximum atomic E-state index is 12.6. The molecule has 1 aliphatic carbocycles. The molecule has 1 atom stereocenters. The first kappa shape index (κ1) is 18.0. The lowest BCUT2D eigenvalue weighted by Gasteiger charge is -2.24. The van der Waals surface area contributed by atoms with E-state index in [0.29, 0.717) is 0 Å². The summed E-state index contributed by atoms with van der Waals surface area (Å²) in [5, 5.41) is 14.0. The van der Waals surface area contributed by atoms with Crippen LogP contribution in [0, 0.1) is 0 Å². The Kier molecular flexibility index (Phi) is 4.84. The molecule has 0 saturated carbocycles. The number of nitrogens with one attached hydrogen (secondary N) is 3. The molecule has 0 bridgehead atoms. The number of aryl methyl sites for hydroxylation is 1. The molecular formula is C23H27N5O. The van der Waals surface area contributed by atoms with Crippen LogP contribution in [0.4, 0.5) is 16.2 Å². The number of aromatic amines is 1. The highest BCUT2D eigenvalue weighted by atomic mass is 16.2. The molecule has 2 heterocycles. The summed E-state index contributed by atoms with van der Waals surface area (Å²) >= 11 is 0. The summed E-state index contributed by atoms with van der Waals surface area (Å²) in [6, 6.07) is 12.4. The quantitative estimate of drug-likeness (QED) is 0.605. The van der Waals surface area contributed by atoms with Gasteiger partial charge in [0.15, 0.2) is 0 Å². The van der Waals surface area contributed by atoms with Crippen molar-refractivity contribution in [2.24, 2.45) is 0 Å². The summed E-state index contributed by atoms with van der Waals surface area (Å²) in [7, 11) is 0. The van der Waals surface area contributed by atoms with Gasteiger partial charge in [-0.1, -0.05) is 25.0 Å². The Morgan fingerprint density at radius 1 is 1.10 bits per heavy atom. The molecule has 2 aromatic carbocycles. The number of urea groups is 1. The highest BCUT2D eigenvalue weighted by molar-refractivity contribution is 6.00. The number of hydrogen-bond donors (Lipinski definition) is 3. The van der Waals surface area contributed by atoms with E-state index in [2.05, 4.69) is 43.9 Å². The van der Waals surface area contributed by atoms with Gasteiger partial charge in [0.05, 0.1) is 23.4 Å². The second-order valence-electron chi connectivity index (χ2n) is 8.11. The van der Waals surface area contributed by atoms with Gasteiger partial charge in [0.1, 0.15) is 0 Å². The normalized spacial score (nSPS) is 19.0. The van der Waals surface area contributed by atoms with Crippen LogP contribution in [-0.2, 0) is 6.42 Å². The van der Waals surface area contributed by atoms with Crippen molar-refractivity contribution in [1.82, 2.24) is 15.5 Å². The van der Waals surface area contributed by atoms with Crippen LogP contribution in [0.5, 0.6) is 0 Å². The van der Waals surface area contributed by atoms with E-state index in [9.17, 15) is 4.79 Å². The molecule has 6 heteroatoms. The summed E-state index contributed by atoms with van der Waals surface area (Å²) < 4.78 is 0. The predicted molar refractivity (Wildman–Crippen MR) is 116 cm³/mol. The first-order chi connectivity index (χ1) is 14.3. The van der Waals surface area contributed by atoms with Crippen LogP contribution in [0.25, 0.3) is 10.9 Å². The van der Waals surface area contributed by atoms with Crippen LogP contribution >= 0.6 is 0 Å². The average molecular weight is 390 g/mol. The number of carbonyl (C=O) groups excluding carboxylic acids is 1. The van der Waals surface area contributed by atoms with Crippen LogP contribution < -0.4 is 15.5 Å². The second-order valence-corrected chi connectivity index (χ2v) is 8.11. The Hall–Kier alpha value is -3.02. The van der Waals surface area contributed by atoms with E-state index in [1.165, 1.54) is 42.5 Å². The minimum atomic E-state index is -0.173. The number of aromatic nitrogens is 2. The monoisotopic (exact) mass is 389 g/mol. The van der Waals surface area contributed by atoms with E-state index in [0.717, 1.165) is 42.5 Å². The maximum Gasteiger partial charge on any atom is 0.319 e. The van der Waals surface area contributed by atoms with Crippen molar-refractivity contribution in [2.75, 3.05) is 23.3 Å². The molecule has 0 radical (unpaired) electrons. The summed E-state index contributed by atoms with van der Waals surface area (Å²) in [6.07, 6.45) is 8.95. The lowest BCUT2D eigenvalue weighted by molar-refractivity contribution is 0.248. The molecule has 0 spiro atoms. The molecule has 1 aliphatic heterocycles. The number of H-pyrrole nitrogens is 1. The van der Waals surface area contributed by atoms with E-state index in [1.807, 2.05) is 18.2 Å². The third-order valence-electron chi connectivity index (χ3n) is 6.21. The number of hydrogen-bond acceptors (Lipinski definition) is 3. The van der Waals surface area contributed by atoms with Gasteiger partial charge >= 0.3 is 6.03 Å². The first-order valence-electron chi connectivity index (χ1n) is 10.7. The zero-order chi connectivity index (χ0) is 19.6. The van der Waals surface area contributed by atoms with E-state index in [-0.39, 0.29) is 12.1 Å². The number of benzene rings is 2. The Morgan fingerprint density at radius 2 is 1.97 bits per heavy atom. The number of carbonyl (C=O) groups is 1. The maximum absolute atomic E-state index is 12.6. The highest BCUT2D eigenvalue weighted by Crippen LogP contribution is 2.34. The van der Waals surface area contributed by atoms with Gasteiger partial charge in [-0.05, 0) is 61.1 Å². The van der Waals surface area contributed by atoms with Crippen molar-refractivity contribution in [2.45, 2.75) is 44.6 Å². The Balaban J connectivity index is 1.28. The Bertz CT molecular complexity index is 1020. The van der Waals surface area contributed by atoms with Gasteiger partial charge in [0.25, 0.3) is 0 Å². The van der Waals surface area contributed by atoms with Gasteiger partial charge in [0, 0.05) is 24.2 Å². The number of nitrogens with zero attached hydrogens (tertiary/aromatic N) is 2. The molecule has 3 N–H and O–H groups in total. The standard InChI is InChI=1S/C23H27N5O/c29-23(25-20-6-5-7-22-19(20)15-24-27-22)26-21-11-8-16-14-17(9-10-18(16)21)28-12-3-1-2-4-13-28/h5-7,9-10,14-15,21H,1-4,8,11-13H2,(H,24,27)(H2,25,26,29). The SMILES string of the molecule is O=C(Nc1cccc2[nH]ncc12)NC1CCc2cc(N3CCCCCC3)ccc21. The number of anilines is 2. The fourth-order valence-electron chi connectivity index (χ4n) is 4.67. The average Bonchev–Trinajstić information content (AvgIpc) is 3.27. The van der Waals surface area contributed by atoms with E-state index in [1.54, 1.807) is 6.20 Å². The lowest BCUT2D eigenvalue weighted by Crippen LogP contribution is -2.31. The molecule has 150 valence electrons. The lowest BCUT2D eigenvalue weighted by atomic mass is 10.1. The molecule has 1 aromatic heterocycles. The van der Waals surface area contributed by atoms with E-state index in [4.69, 9.17) is 0 Å². The molecule has 3 aromatic rings. The van der Waals surface area contributed by atoms with Gasteiger partial charge in [-0.15, -0.1) is 0 Å². The first-order valence-corrected chi connectivity index (χ1v) is 10.7. The molecule has 1 fully saturated rings. The fourth-order valence-corrected chi connectivity index (χ4v) is 4.67. The molecule has 2 amide bonds. The third-order valence-corrected chi connectivity index (χ3v) is 6.21. The number of rotatable bonds is 3. The highest BCUT2D eigenvalue weighted by Gasteiger charge is 2.25. The molecule has 2 aliphatic rings. The van der Waals surface area contributed by atoms with Crippen molar-refractivity contribution in [3.63, 3.8) is 0 Å². The van der Waals surface area contributed by atoms with Crippen LogP contribution in [0.1, 0.15) is 49.3 Å². The number of fused-ring (bicyclic) bond motifs is 2. The number of amides is 2. The molecule has 29 heavy (non-hydrogen) atoms. The van der Waals surface area contributed by atoms with Gasteiger partial charge < -0.3 is 15.5 Å². The van der Waals surface area contributed by atoms with E-state index < -0.39 is 0 Å². The zero-order valence-electron chi connectivity index (χ0n) is 16.6. The van der Waals surface area contributed by atoms with Gasteiger partial charge in [-0.2, -0.15) is 5.10 Å². The fraction of sp³-hybridized carbons (Fsp3) is 0.391. The molecule has 5 rings (SSSR count). The minimum Gasteiger partial charge on any atom is -0.372 e. The predicted octanol–water partition coefficient (Wildman–Crippen LogP) is 4.75.